The second kappa shape index (κ2) is 6.88. The highest BCUT2D eigenvalue weighted by molar-refractivity contribution is 5.93. The Morgan fingerprint density at radius 3 is 2.67 bits per heavy atom. The van der Waals surface area contributed by atoms with Crippen molar-refractivity contribution in [2.75, 3.05) is 0 Å². The first-order valence-electron chi connectivity index (χ1n) is 8.08. The molecular formula is C17H18F2N6O2. The van der Waals surface area contributed by atoms with E-state index in [1.165, 1.54) is 34.3 Å². The number of benzene rings is 1. The third-order valence-corrected chi connectivity index (χ3v) is 4.64. The molecule has 0 aliphatic rings. The molecule has 2 aromatic heterocycles. The van der Waals surface area contributed by atoms with Crippen LogP contribution in [0.15, 0.2) is 37.1 Å². The fourth-order valence-corrected chi connectivity index (χ4v) is 3.10. The van der Waals surface area contributed by atoms with Crippen LogP contribution in [-0.4, -0.2) is 35.6 Å². The summed E-state index contributed by atoms with van der Waals surface area (Å²) in [5.74, 6) is -2.35. The van der Waals surface area contributed by atoms with Crippen molar-refractivity contribution in [3.05, 3.63) is 65.5 Å². The van der Waals surface area contributed by atoms with Gasteiger partial charge in [0.25, 0.3) is 5.91 Å². The third kappa shape index (κ3) is 3.31. The van der Waals surface area contributed by atoms with Gasteiger partial charge in [-0.2, -0.15) is 10.2 Å². The van der Waals surface area contributed by atoms with Crippen molar-refractivity contribution < 1.29 is 18.7 Å². The number of nitrogens with two attached hydrogens (primary N) is 1. The Labute approximate surface area is 153 Å². The molecular weight excluding hydrogens is 358 g/mol. The number of aromatic nitrogens is 5. The van der Waals surface area contributed by atoms with Crippen molar-refractivity contribution in [3.8, 4) is 0 Å². The molecule has 0 unspecified atom stereocenters. The maximum absolute atomic E-state index is 14.5. The Bertz CT molecular complexity index is 972. The highest BCUT2D eigenvalue weighted by Crippen LogP contribution is 2.37. The van der Waals surface area contributed by atoms with E-state index in [0.717, 1.165) is 6.07 Å². The van der Waals surface area contributed by atoms with E-state index in [2.05, 4.69) is 15.2 Å². The lowest BCUT2D eigenvalue weighted by Gasteiger charge is -2.35. The Hall–Kier alpha value is -3.14. The predicted molar refractivity (Wildman–Crippen MR) is 90.5 cm³/mol. The van der Waals surface area contributed by atoms with E-state index in [1.807, 2.05) is 0 Å². The Morgan fingerprint density at radius 1 is 1.37 bits per heavy atom. The summed E-state index contributed by atoms with van der Waals surface area (Å²) < 4.78 is 30.6. The molecule has 3 N–H and O–H groups in total. The monoisotopic (exact) mass is 376 g/mol. The van der Waals surface area contributed by atoms with Crippen LogP contribution in [0.2, 0.25) is 0 Å². The number of hydrogen-bond acceptors (Lipinski definition) is 5. The lowest BCUT2D eigenvalue weighted by molar-refractivity contribution is -0.0375. The van der Waals surface area contributed by atoms with Gasteiger partial charge in [0.2, 0.25) is 0 Å². The van der Waals surface area contributed by atoms with Gasteiger partial charge in [-0.25, -0.2) is 18.4 Å². The molecule has 0 spiro atoms. The van der Waals surface area contributed by atoms with Gasteiger partial charge >= 0.3 is 0 Å². The number of hydrogen-bond donors (Lipinski definition) is 2. The Balaban J connectivity index is 2.13. The molecule has 0 saturated heterocycles. The van der Waals surface area contributed by atoms with E-state index >= 15 is 0 Å². The Kier molecular flexibility index (Phi) is 4.75. The normalized spacial score (nSPS) is 14.7. The average Bonchev–Trinajstić information content (AvgIpc) is 3.23. The zero-order valence-corrected chi connectivity index (χ0v) is 14.7. The van der Waals surface area contributed by atoms with Crippen molar-refractivity contribution in [3.63, 3.8) is 0 Å². The number of rotatable bonds is 6. The van der Waals surface area contributed by atoms with Gasteiger partial charge in [-0.05, 0) is 19.9 Å². The Morgan fingerprint density at radius 2 is 2.11 bits per heavy atom. The van der Waals surface area contributed by atoms with Crippen molar-refractivity contribution in [1.29, 1.82) is 0 Å². The zero-order valence-electron chi connectivity index (χ0n) is 14.7. The number of amides is 1. The number of carbonyl (C=O) groups excluding carboxylic acids is 1. The molecule has 142 valence electrons. The number of halogens is 2. The first kappa shape index (κ1) is 18.6. The summed E-state index contributed by atoms with van der Waals surface area (Å²) in [7, 11) is 0. The highest BCUT2D eigenvalue weighted by Gasteiger charge is 2.41. The molecule has 2 atom stereocenters. The maximum Gasteiger partial charge on any atom is 0.252 e. The molecule has 10 heteroatoms. The van der Waals surface area contributed by atoms with Gasteiger partial charge in [-0.1, -0.05) is 6.07 Å². The van der Waals surface area contributed by atoms with E-state index in [4.69, 9.17) is 5.73 Å². The van der Waals surface area contributed by atoms with Crippen molar-refractivity contribution >= 4 is 5.91 Å². The first-order valence-corrected chi connectivity index (χ1v) is 8.08. The van der Waals surface area contributed by atoms with E-state index in [9.17, 15) is 18.7 Å². The molecule has 2 heterocycles. The van der Waals surface area contributed by atoms with Gasteiger partial charge in [0, 0.05) is 17.3 Å². The minimum atomic E-state index is -1.88. The van der Waals surface area contributed by atoms with Crippen LogP contribution in [0.1, 0.15) is 34.6 Å². The van der Waals surface area contributed by atoms with Crippen molar-refractivity contribution in [2.45, 2.75) is 32.0 Å². The van der Waals surface area contributed by atoms with Crippen LogP contribution < -0.4 is 5.73 Å². The van der Waals surface area contributed by atoms with Gasteiger partial charge in [0.1, 0.15) is 29.9 Å². The molecule has 27 heavy (non-hydrogen) atoms. The predicted octanol–water partition coefficient (Wildman–Crippen LogP) is 1.31. The van der Waals surface area contributed by atoms with Gasteiger partial charge in [-0.3, -0.25) is 9.48 Å². The quantitative estimate of drug-likeness (QED) is 0.674. The molecule has 0 aliphatic carbocycles. The summed E-state index contributed by atoms with van der Waals surface area (Å²) in [6, 6.07) is 2.07. The van der Waals surface area contributed by atoms with E-state index < -0.39 is 29.2 Å². The lowest BCUT2D eigenvalue weighted by Crippen LogP contribution is -2.41. The van der Waals surface area contributed by atoms with Gasteiger partial charge in [0.05, 0.1) is 24.3 Å². The maximum atomic E-state index is 14.5. The van der Waals surface area contributed by atoms with Crippen LogP contribution >= 0.6 is 0 Å². The summed E-state index contributed by atoms with van der Waals surface area (Å²) >= 11 is 0. The highest BCUT2D eigenvalue weighted by atomic mass is 19.1. The SMILES string of the molecule is Cc1c(C(N)=O)cnn1[C@H](C)[C@](O)(Cn1cncn1)c1ccc(F)cc1F. The molecule has 3 aromatic rings. The fourth-order valence-electron chi connectivity index (χ4n) is 3.10. The molecule has 8 nitrogen and oxygen atoms in total. The van der Waals surface area contributed by atoms with Crippen LogP contribution in [0.25, 0.3) is 0 Å². The fraction of sp³-hybridized carbons (Fsp3) is 0.294. The van der Waals surface area contributed by atoms with Crippen LogP contribution in [0, 0.1) is 18.6 Å². The number of primary amides is 1. The largest absolute Gasteiger partial charge is 0.381 e. The van der Waals surface area contributed by atoms with Crippen LogP contribution in [0.3, 0.4) is 0 Å². The van der Waals surface area contributed by atoms with E-state index in [-0.39, 0.29) is 17.7 Å². The molecule has 1 aromatic carbocycles. The van der Waals surface area contributed by atoms with E-state index in [0.29, 0.717) is 11.8 Å². The number of aliphatic hydroxyl groups is 1. The van der Waals surface area contributed by atoms with Crippen LogP contribution in [-0.2, 0) is 12.1 Å². The topological polar surface area (TPSA) is 112 Å². The molecule has 0 saturated carbocycles. The van der Waals surface area contributed by atoms with Crippen LogP contribution in [0.5, 0.6) is 0 Å². The second-order valence-corrected chi connectivity index (χ2v) is 6.27. The second-order valence-electron chi connectivity index (χ2n) is 6.27. The summed E-state index contributed by atoms with van der Waals surface area (Å²) in [5, 5.41) is 19.6. The molecule has 3 rings (SSSR count). The smallest absolute Gasteiger partial charge is 0.252 e. The summed E-state index contributed by atoms with van der Waals surface area (Å²) in [6.07, 6.45) is 3.92. The number of carbonyl (C=O) groups is 1. The van der Waals surface area contributed by atoms with Crippen LogP contribution in [0.4, 0.5) is 8.78 Å². The van der Waals surface area contributed by atoms with Gasteiger partial charge < -0.3 is 10.8 Å². The van der Waals surface area contributed by atoms with Gasteiger partial charge in [0.15, 0.2) is 0 Å². The molecule has 0 aliphatic heterocycles. The molecule has 0 bridgehead atoms. The minimum Gasteiger partial charge on any atom is -0.381 e. The minimum absolute atomic E-state index is 0.137. The molecule has 1 amide bonds. The van der Waals surface area contributed by atoms with Gasteiger partial charge in [-0.15, -0.1) is 0 Å². The number of nitrogens with zero attached hydrogens (tertiary/aromatic N) is 5. The third-order valence-electron chi connectivity index (χ3n) is 4.64. The molecule has 0 fully saturated rings. The summed E-state index contributed by atoms with van der Waals surface area (Å²) in [4.78, 5) is 15.3. The van der Waals surface area contributed by atoms with Crippen molar-refractivity contribution in [1.82, 2.24) is 24.5 Å². The van der Waals surface area contributed by atoms with E-state index in [1.54, 1.807) is 13.8 Å². The average molecular weight is 376 g/mol. The lowest BCUT2D eigenvalue weighted by atomic mass is 9.86. The van der Waals surface area contributed by atoms with Crippen molar-refractivity contribution in [2.24, 2.45) is 5.73 Å². The zero-order chi connectivity index (χ0) is 19.8. The standard InChI is InChI=1S/C17H18F2N6O2/c1-10-13(16(20)26)6-22-25(10)11(2)17(27,7-24-9-21-8-23-24)14-4-3-12(18)5-15(14)19/h3-6,8-9,11,27H,7H2,1-2H3,(H2,20,26)/t11-,17-/m1/s1. The first-order chi connectivity index (χ1) is 12.7. The summed E-state index contributed by atoms with van der Waals surface area (Å²) in [6.45, 7) is 3.03. The summed E-state index contributed by atoms with van der Waals surface area (Å²) in [5.41, 5.74) is 3.90. The molecule has 0 radical (unpaired) electrons.